The highest BCUT2D eigenvalue weighted by Crippen LogP contribution is 2.22. The van der Waals surface area contributed by atoms with Crippen molar-refractivity contribution < 1.29 is 4.52 Å². The van der Waals surface area contributed by atoms with Crippen LogP contribution in [-0.2, 0) is 13.0 Å². The van der Waals surface area contributed by atoms with Crippen LogP contribution in [0.25, 0.3) is 0 Å². The zero-order valence-corrected chi connectivity index (χ0v) is 17.4. The maximum Gasteiger partial charge on any atom is 0.191 e. The Labute approximate surface area is 160 Å². The van der Waals surface area contributed by atoms with Crippen LogP contribution in [0.5, 0.6) is 0 Å². The minimum absolute atomic E-state index is 0.467. The molecule has 0 saturated heterocycles. The highest BCUT2D eigenvalue weighted by Gasteiger charge is 2.13. The van der Waals surface area contributed by atoms with Gasteiger partial charge in [-0.2, -0.15) is 0 Å². The molecule has 0 aliphatic rings. The first-order chi connectivity index (χ1) is 12.6. The first-order valence-corrected chi connectivity index (χ1v) is 10.3. The van der Waals surface area contributed by atoms with Crippen molar-refractivity contribution in [3.8, 4) is 0 Å². The van der Waals surface area contributed by atoms with Gasteiger partial charge >= 0.3 is 0 Å². The monoisotopic (exact) mass is 377 g/mol. The Morgan fingerprint density at radius 3 is 2.62 bits per heavy atom. The molecule has 26 heavy (non-hydrogen) atoms. The van der Waals surface area contributed by atoms with Crippen molar-refractivity contribution in [1.82, 2.24) is 20.8 Å². The molecule has 6 nitrogen and oxygen atoms in total. The van der Waals surface area contributed by atoms with Gasteiger partial charge in [0.15, 0.2) is 11.7 Å². The molecule has 2 aromatic rings. The summed E-state index contributed by atoms with van der Waals surface area (Å²) in [4.78, 5) is 10.4. The van der Waals surface area contributed by atoms with Crippen LogP contribution < -0.4 is 10.6 Å². The molecule has 0 aliphatic carbocycles. The number of hydrogen-bond acceptors (Lipinski definition) is 5. The van der Waals surface area contributed by atoms with Crippen molar-refractivity contribution in [1.29, 1.82) is 0 Å². The zero-order valence-electron chi connectivity index (χ0n) is 16.6. The van der Waals surface area contributed by atoms with Crippen molar-refractivity contribution in [2.45, 2.75) is 66.3 Å². The summed E-state index contributed by atoms with van der Waals surface area (Å²) >= 11 is 1.76. The van der Waals surface area contributed by atoms with E-state index in [9.17, 15) is 0 Å². The molecule has 0 spiro atoms. The SMILES string of the molecule is CCNC(=NCc1cc(C(CC)CC)no1)NCCc1sc(C)nc1C. The molecule has 0 atom stereocenters. The molecule has 0 amide bonds. The maximum absolute atomic E-state index is 5.45. The van der Waals surface area contributed by atoms with E-state index in [2.05, 4.69) is 53.5 Å². The van der Waals surface area contributed by atoms with Crippen molar-refractivity contribution in [3.05, 3.63) is 33.1 Å². The molecular weight excluding hydrogens is 346 g/mol. The summed E-state index contributed by atoms with van der Waals surface area (Å²) in [7, 11) is 0. The molecule has 144 valence electrons. The topological polar surface area (TPSA) is 75.3 Å². The van der Waals surface area contributed by atoms with E-state index < -0.39 is 0 Å². The number of nitrogens with zero attached hydrogens (tertiary/aromatic N) is 3. The molecule has 0 unspecified atom stereocenters. The molecule has 0 aliphatic heterocycles. The van der Waals surface area contributed by atoms with Crippen molar-refractivity contribution >= 4 is 17.3 Å². The molecule has 0 saturated carbocycles. The number of guanidine groups is 1. The summed E-state index contributed by atoms with van der Waals surface area (Å²) in [5.74, 6) is 2.07. The summed E-state index contributed by atoms with van der Waals surface area (Å²) in [6.07, 6.45) is 3.10. The predicted molar refractivity (Wildman–Crippen MR) is 108 cm³/mol. The summed E-state index contributed by atoms with van der Waals surface area (Å²) in [5, 5.41) is 12.0. The van der Waals surface area contributed by atoms with E-state index in [-0.39, 0.29) is 0 Å². The van der Waals surface area contributed by atoms with E-state index >= 15 is 0 Å². The number of nitrogens with one attached hydrogen (secondary N) is 2. The first kappa shape index (κ1) is 20.4. The second-order valence-corrected chi connectivity index (χ2v) is 7.63. The van der Waals surface area contributed by atoms with Gasteiger partial charge in [0.05, 0.1) is 16.4 Å². The molecule has 2 rings (SSSR count). The van der Waals surface area contributed by atoms with E-state index in [1.807, 2.05) is 13.0 Å². The van der Waals surface area contributed by atoms with Gasteiger partial charge in [0, 0.05) is 36.4 Å². The Bertz CT molecular complexity index is 703. The first-order valence-electron chi connectivity index (χ1n) is 9.47. The van der Waals surface area contributed by atoms with Gasteiger partial charge < -0.3 is 15.2 Å². The Morgan fingerprint density at radius 2 is 2.00 bits per heavy atom. The summed E-state index contributed by atoms with van der Waals surface area (Å²) < 4.78 is 5.45. The molecule has 0 bridgehead atoms. The second kappa shape index (κ2) is 10.3. The maximum atomic E-state index is 5.45. The Hall–Kier alpha value is -1.89. The van der Waals surface area contributed by atoms with Gasteiger partial charge in [-0.1, -0.05) is 19.0 Å². The van der Waals surface area contributed by atoms with Crippen LogP contribution >= 0.6 is 11.3 Å². The minimum atomic E-state index is 0.467. The van der Waals surface area contributed by atoms with E-state index in [4.69, 9.17) is 4.52 Å². The third kappa shape index (κ3) is 5.83. The van der Waals surface area contributed by atoms with Crippen molar-refractivity contribution in [2.75, 3.05) is 13.1 Å². The normalized spacial score (nSPS) is 12.0. The zero-order chi connectivity index (χ0) is 18.9. The third-order valence-corrected chi connectivity index (χ3v) is 5.50. The lowest BCUT2D eigenvalue weighted by Crippen LogP contribution is -2.38. The van der Waals surface area contributed by atoms with E-state index in [1.54, 1.807) is 11.3 Å². The lowest BCUT2D eigenvalue weighted by molar-refractivity contribution is 0.372. The van der Waals surface area contributed by atoms with Crippen LogP contribution in [0, 0.1) is 13.8 Å². The highest BCUT2D eigenvalue weighted by molar-refractivity contribution is 7.11. The summed E-state index contributed by atoms with van der Waals surface area (Å²) in [6.45, 7) is 12.7. The van der Waals surface area contributed by atoms with E-state index in [0.29, 0.717) is 12.5 Å². The number of aromatic nitrogens is 2. The molecule has 2 heterocycles. The van der Waals surface area contributed by atoms with Gasteiger partial charge in [-0.3, -0.25) is 0 Å². The largest absolute Gasteiger partial charge is 0.359 e. The fraction of sp³-hybridized carbons (Fsp3) is 0.632. The fourth-order valence-electron chi connectivity index (χ4n) is 2.90. The van der Waals surface area contributed by atoms with Crippen LogP contribution in [0.3, 0.4) is 0 Å². The van der Waals surface area contributed by atoms with Crippen LogP contribution in [0.2, 0.25) is 0 Å². The average molecular weight is 378 g/mol. The molecule has 0 radical (unpaired) electrons. The fourth-order valence-corrected chi connectivity index (χ4v) is 3.84. The predicted octanol–water partition coefficient (Wildman–Crippen LogP) is 3.95. The van der Waals surface area contributed by atoms with Crippen LogP contribution in [0.15, 0.2) is 15.6 Å². The smallest absolute Gasteiger partial charge is 0.191 e. The average Bonchev–Trinajstić information content (AvgIpc) is 3.20. The van der Waals surface area contributed by atoms with Crippen LogP contribution in [0.1, 0.15) is 66.6 Å². The highest BCUT2D eigenvalue weighted by atomic mass is 32.1. The molecule has 0 fully saturated rings. The molecule has 0 aromatic carbocycles. The lowest BCUT2D eigenvalue weighted by atomic mass is 9.99. The van der Waals surface area contributed by atoms with Gasteiger partial charge in [-0.05, 0) is 33.6 Å². The lowest BCUT2D eigenvalue weighted by Gasteiger charge is -2.10. The number of aliphatic imine (C=N–C) groups is 1. The molecular formula is C19H31N5OS. The summed E-state index contributed by atoms with van der Waals surface area (Å²) in [5.41, 5.74) is 2.17. The van der Waals surface area contributed by atoms with Gasteiger partial charge in [-0.15, -0.1) is 11.3 Å². The van der Waals surface area contributed by atoms with E-state index in [1.165, 1.54) is 4.88 Å². The Morgan fingerprint density at radius 1 is 1.23 bits per heavy atom. The standard InChI is InChI=1S/C19H31N5OS/c1-6-15(7-2)17-11-16(25-24-17)12-22-19(20-8-3)21-10-9-18-13(4)23-14(5)26-18/h11,15H,6-10,12H2,1-5H3,(H2,20,21,22). The van der Waals surface area contributed by atoms with Gasteiger partial charge in [-0.25, -0.2) is 9.98 Å². The number of rotatable bonds is 9. The number of thiazole rings is 1. The molecule has 2 aromatic heterocycles. The van der Waals surface area contributed by atoms with Crippen molar-refractivity contribution in [3.63, 3.8) is 0 Å². The Kier molecular flexibility index (Phi) is 8.09. The van der Waals surface area contributed by atoms with Crippen molar-refractivity contribution in [2.24, 2.45) is 4.99 Å². The van der Waals surface area contributed by atoms with Gasteiger partial charge in [0.25, 0.3) is 0 Å². The molecule has 2 N–H and O–H groups in total. The van der Waals surface area contributed by atoms with E-state index in [0.717, 1.165) is 60.5 Å². The number of aryl methyl sites for hydroxylation is 2. The van der Waals surface area contributed by atoms with Gasteiger partial charge in [0.2, 0.25) is 0 Å². The minimum Gasteiger partial charge on any atom is -0.359 e. The van der Waals surface area contributed by atoms with Crippen LogP contribution in [-0.4, -0.2) is 29.2 Å². The third-order valence-electron chi connectivity index (χ3n) is 4.36. The number of hydrogen-bond donors (Lipinski definition) is 2. The molecule has 7 heteroatoms. The summed E-state index contributed by atoms with van der Waals surface area (Å²) in [6, 6.07) is 2.04. The quantitative estimate of drug-likeness (QED) is 0.511. The van der Waals surface area contributed by atoms with Gasteiger partial charge in [0.1, 0.15) is 6.54 Å². The second-order valence-electron chi connectivity index (χ2n) is 6.34. The van der Waals surface area contributed by atoms with Crippen LogP contribution in [0.4, 0.5) is 0 Å². The Balaban J connectivity index is 1.90.